The van der Waals surface area contributed by atoms with Gasteiger partial charge >= 0.3 is 0 Å². The maximum absolute atomic E-state index is 12.3. The van der Waals surface area contributed by atoms with Crippen LogP contribution in [0.5, 0.6) is 5.75 Å². The quantitative estimate of drug-likeness (QED) is 0.537. The second-order valence-corrected chi connectivity index (χ2v) is 5.98. The molecule has 0 fully saturated rings. The summed E-state index contributed by atoms with van der Waals surface area (Å²) >= 11 is 6.16. The fourth-order valence-electron chi connectivity index (χ4n) is 2.52. The van der Waals surface area contributed by atoms with Gasteiger partial charge in [-0.2, -0.15) is 10.1 Å². The van der Waals surface area contributed by atoms with Gasteiger partial charge in [-0.05, 0) is 24.3 Å². The molecule has 4 rings (SSSR count). The van der Waals surface area contributed by atoms with E-state index in [0.29, 0.717) is 16.3 Å². The number of ether oxygens (including phenoxy) is 1. The summed E-state index contributed by atoms with van der Waals surface area (Å²) in [5.41, 5.74) is 1.05. The first-order chi connectivity index (χ1) is 13.2. The highest BCUT2D eigenvalue weighted by Crippen LogP contribution is 2.26. The van der Waals surface area contributed by atoms with Crippen LogP contribution in [-0.2, 0) is 0 Å². The van der Waals surface area contributed by atoms with E-state index in [1.54, 1.807) is 42.3 Å². The van der Waals surface area contributed by atoms with Crippen LogP contribution in [0.1, 0.15) is 0 Å². The lowest BCUT2D eigenvalue weighted by Gasteiger charge is -2.07. The Kier molecular flexibility index (Phi) is 4.43. The number of halogens is 1. The van der Waals surface area contributed by atoms with Crippen molar-refractivity contribution in [3.8, 4) is 34.4 Å². The van der Waals surface area contributed by atoms with Gasteiger partial charge in [0.25, 0.3) is 5.89 Å². The van der Waals surface area contributed by atoms with Crippen molar-refractivity contribution >= 4 is 11.6 Å². The molecule has 0 N–H and O–H groups in total. The van der Waals surface area contributed by atoms with Crippen LogP contribution in [0.2, 0.25) is 5.02 Å². The molecule has 0 amide bonds. The molecule has 0 spiro atoms. The number of hydrogen-bond donors (Lipinski definition) is 0. The molecule has 2 aromatic carbocycles. The standard InChI is InChI=1S/C19H13ClN4O3/c1-26-13-6-4-5-12(11-13)24-10-9-16(25)17(22-24)19-21-18(23-27-19)14-7-2-3-8-15(14)20/h2-11H,1H3. The molecule has 0 aliphatic carbocycles. The minimum atomic E-state index is -0.330. The van der Waals surface area contributed by atoms with E-state index in [2.05, 4.69) is 15.2 Å². The Bertz CT molecular complexity index is 1170. The minimum absolute atomic E-state index is 0.0205. The molecule has 0 atom stereocenters. The first-order valence-corrected chi connectivity index (χ1v) is 8.37. The van der Waals surface area contributed by atoms with Crippen LogP contribution in [-0.4, -0.2) is 27.0 Å². The van der Waals surface area contributed by atoms with Crippen LogP contribution >= 0.6 is 11.6 Å². The third kappa shape index (κ3) is 3.32. The summed E-state index contributed by atoms with van der Waals surface area (Å²) in [6, 6.07) is 15.8. The third-order valence-corrected chi connectivity index (χ3v) is 4.20. The Morgan fingerprint density at radius 1 is 1.11 bits per heavy atom. The first-order valence-electron chi connectivity index (χ1n) is 7.99. The van der Waals surface area contributed by atoms with Crippen molar-refractivity contribution < 1.29 is 9.26 Å². The zero-order valence-corrected chi connectivity index (χ0v) is 14.9. The summed E-state index contributed by atoms with van der Waals surface area (Å²) in [4.78, 5) is 16.6. The van der Waals surface area contributed by atoms with Gasteiger partial charge in [0.15, 0.2) is 5.69 Å². The summed E-state index contributed by atoms with van der Waals surface area (Å²) in [5.74, 6) is 0.981. The fraction of sp³-hybridized carbons (Fsp3) is 0.0526. The van der Waals surface area contributed by atoms with Gasteiger partial charge in [0.05, 0.1) is 17.8 Å². The zero-order chi connectivity index (χ0) is 18.8. The summed E-state index contributed by atoms with van der Waals surface area (Å²) < 4.78 is 12.0. The van der Waals surface area contributed by atoms with Gasteiger partial charge in [0.1, 0.15) is 5.75 Å². The van der Waals surface area contributed by atoms with Crippen LogP contribution < -0.4 is 10.2 Å². The van der Waals surface area contributed by atoms with Crippen LogP contribution in [0, 0.1) is 0 Å². The molecule has 0 saturated heterocycles. The van der Waals surface area contributed by atoms with Crippen molar-refractivity contribution in [1.29, 1.82) is 0 Å². The topological polar surface area (TPSA) is 83.0 Å². The van der Waals surface area contributed by atoms with E-state index >= 15 is 0 Å². The SMILES string of the molecule is COc1cccc(-n2ccc(=O)c(-c3nc(-c4ccccc4Cl)no3)n2)c1. The number of methoxy groups -OCH3 is 1. The summed E-state index contributed by atoms with van der Waals surface area (Å²) in [6.07, 6.45) is 1.56. The molecule has 4 aromatic rings. The Labute approximate surface area is 158 Å². The smallest absolute Gasteiger partial charge is 0.282 e. The fourth-order valence-corrected chi connectivity index (χ4v) is 2.74. The van der Waals surface area contributed by atoms with Crippen LogP contribution in [0.3, 0.4) is 0 Å². The molecule has 0 saturated carbocycles. The lowest BCUT2D eigenvalue weighted by Crippen LogP contribution is -2.12. The van der Waals surface area contributed by atoms with Crippen LogP contribution in [0.15, 0.2) is 70.1 Å². The Balaban J connectivity index is 1.77. The normalized spacial score (nSPS) is 10.7. The number of hydrogen-bond acceptors (Lipinski definition) is 6. The molecule has 0 aliphatic heterocycles. The Morgan fingerprint density at radius 2 is 1.96 bits per heavy atom. The van der Waals surface area contributed by atoms with E-state index in [9.17, 15) is 4.79 Å². The van der Waals surface area contributed by atoms with E-state index in [-0.39, 0.29) is 22.8 Å². The van der Waals surface area contributed by atoms with E-state index < -0.39 is 0 Å². The van der Waals surface area contributed by atoms with Gasteiger partial charge in [0, 0.05) is 23.9 Å². The highest BCUT2D eigenvalue weighted by atomic mass is 35.5. The Hall–Kier alpha value is -3.45. The van der Waals surface area contributed by atoms with Crippen molar-refractivity contribution in [1.82, 2.24) is 19.9 Å². The molecule has 0 unspecified atom stereocenters. The molecule has 0 aliphatic rings. The number of nitrogens with zero attached hydrogens (tertiary/aromatic N) is 4. The minimum Gasteiger partial charge on any atom is -0.497 e. The first kappa shape index (κ1) is 17.0. The van der Waals surface area contributed by atoms with Crippen molar-refractivity contribution in [3.63, 3.8) is 0 Å². The van der Waals surface area contributed by atoms with E-state index in [4.69, 9.17) is 20.9 Å². The molecule has 2 heterocycles. The largest absolute Gasteiger partial charge is 0.497 e. The van der Waals surface area contributed by atoms with Crippen molar-refractivity contribution in [2.75, 3.05) is 7.11 Å². The van der Waals surface area contributed by atoms with E-state index in [0.717, 1.165) is 5.69 Å². The van der Waals surface area contributed by atoms with Gasteiger partial charge in [0.2, 0.25) is 11.3 Å². The number of aromatic nitrogens is 4. The highest BCUT2D eigenvalue weighted by Gasteiger charge is 2.17. The second-order valence-electron chi connectivity index (χ2n) is 5.58. The lowest BCUT2D eigenvalue weighted by molar-refractivity contribution is 0.414. The lowest BCUT2D eigenvalue weighted by atomic mass is 10.2. The van der Waals surface area contributed by atoms with Crippen molar-refractivity contribution in [3.05, 3.63) is 76.0 Å². The molecule has 0 bridgehead atoms. The van der Waals surface area contributed by atoms with Crippen LogP contribution in [0.4, 0.5) is 0 Å². The predicted molar refractivity (Wildman–Crippen MR) is 100 cm³/mol. The van der Waals surface area contributed by atoms with Crippen molar-refractivity contribution in [2.45, 2.75) is 0 Å². The monoisotopic (exact) mass is 380 g/mol. The molecule has 27 heavy (non-hydrogen) atoms. The van der Waals surface area contributed by atoms with Gasteiger partial charge < -0.3 is 9.26 Å². The maximum atomic E-state index is 12.3. The Morgan fingerprint density at radius 3 is 2.78 bits per heavy atom. The van der Waals surface area contributed by atoms with Gasteiger partial charge in [-0.15, -0.1) is 0 Å². The molecule has 0 radical (unpaired) electrons. The molecule has 8 heteroatoms. The summed E-state index contributed by atoms with van der Waals surface area (Å²) in [6.45, 7) is 0. The number of benzene rings is 2. The predicted octanol–water partition coefficient (Wildman–Crippen LogP) is 3.61. The molecular formula is C19H13ClN4O3. The average Bonchev–Trinajstić information content (AvgIpc) is 3.18. The second kappa shape index (κ2) is 7.05. The maximum Gasteiger partial charge on any atom is 0.282 e. The average molecular weight is 381 g/mol. The third-order valence-electron chi connectivity index (χ3n) is 3.87. The molecule has 7 nitrogen and oxygen atoms in total. The molecular weight excluding hydrogens is 368 g/mol. The van der Waals surface area contributed by atoms with Crippen molar-refractivity contribution in [2.24, 2.45) is 0 Å². The summed E-state index contributed by atoms with van der Waals surface area (Å²) in [7, 11) is 1.58. The highest BCUT2D eigenvalue weighted by molar-refractivity contribution is 6.33. The number of rotatable bonds is 4. The van der Waals surface area contributed by atoms with E-state index in [1.165, 1.54) is 6.07 Å². The van der Waals surface area contributed by atoms with Gasteiger partial charge in [-0.1, -0.05) is 35.0 Å². The van der Waals surface area contributed by atoms with Gasteiger partial charge in [-0.25, -0.2) is 4.68 Å². The summed E-state index contributed by atoms with van der Waals surface area (Å²) in [5, 5.41) is 8.74. The van der Waals surface area contributed by atoms with Gasteiger partial charge in [-0.3, -0.25) is 4.79 Å². The zero-order valence-electron chi connectivity index (χ0n) is 14.2. The molecule has 134 valence electrons. The van der Waals surface area contributed by atoms with E-state index in [1.807, 2.05) is 24.3 Å². The van der Waals surface area contributed by atoms with Crippen LogP contribution in [0.25, 0.3) is 28.7 Å². The molecule has 2 aromatic heterocycles.